The Balaban J connectivity index is 2.61. The molecule has 0 saturated heterocycles. The van der Waals surface area contributed by atoms with Gasteiger partial charge in [0.15, 0.2) is 0 Å². The molecule has 1 rings (SSSR count). The Morgan fingerprint density at radius 2 is 2.20 bits per heavy atom. The van der Waals surface area contributed by atoms with E-state index in [0.717, 1.165) is 25.7 Å². The molecule has 0 aromatic rings. The molecule has 2 nitrogen and oxygen atoms in total. The molecule has 0 N–H and O–H groups in total. The van der Waals surface area contributed by atoms with Crippen molar-refractivity contribution in [2.24, 2.45) is 0 Å². The van der Waals surface area contributed by atoms with Crippen molar-refractivity contribution in [2.45, 2.75) is 25.7 Å². The first-order chi connectivity index (χ1) is 7.33. The van der Waals surface area contributed by atoms with Crippen molar-refractivity contribution >= 4 is 5.97 Å². The van der Waals surface area contributed by atoms with Gasteiger partial charge in [0.25, 0.3) is 0 Å². The monoisotopic (exact) mass is 204 g/mol. The third-order valence-electron chi connectivity index (χ3n) is 2.08. The van der Waals surface area contributed by atoms with Crippen molar-refractivity contribution in [1.82, 2.24) is 0 Å². The predicted molar refractivity (Wildman–Crippen MR) is 61.1 cm³/mol. The van der Waals surface area contributed by atoms with Crippen molar-refractivity contribution in [2.75, 3.05) is 0 Å². The summed E-state index contributed by atoms with van der Waals surface area (Å²) in [5.41, 5.74) is 0. The zero-order chi connectivity index (χ0) is 10.9. The van der Waals surface area contributed by atoms with Gasteiger partial charge in [-0.05, 0) is 25.3 Å². The summed E-state index contributed by atoms with van der Waals surface area (Å²) in [7, 11) is 0. The molecule has 80 valence electrons. The Hall–Kier alpha value is -1.57. The average Bonchev–Trinajstić information content (AvgIpc) is 2.27. The molecule has 15 heavy (non-hydrogen) atoms. The molecule has 0 bridgehead atoms. The van der Waals surface area contributed by atoms with Gasteiger partial charge < -0.3 is 4.74 Å². The van der Waals surface area contributed by atoms with E-state index in [0.29, 0.717) is 5.76 Å². The molecule has 0 aromatic carbocycles. The maximum Gasteiger partial charge on any atom is 0.335 e. The fourth-order valence-corrected chi connectivity index (χ4v) is 1.30. The highest BCUT2D eigenvalue weighted by Crippen LogP contribution is 2.12. The lowest BCUT2D eigenvalue weighted by molar-refractivity contribution is -0.134. The normalized spacial score (nSPS) is 24.4. The van der Waals surface area contributed by atoms with Crippen LogP contribution in [0.15, 0.2) is 48.8 Å². The largest absolute Gasteiger partial charge is 0.428 e. The second kappa shape index (κ2) is 6.82. The van der Waals surface area contributed by atoms with Gasteiger partial charge >= 0.3 is 5.97 Å². The first kappa shape index (κ1) is 11.5. The molecule has 0 fully saturated rings. The summed E-state index contributed by atoms with van der Waals surface area (Å²) in [5, 5.41) is 0. The number of rotatable bonds is 2. The Morgan fingerprint density at radius 1 is 1.33 bits per heavy atom. The maximum atomic E-state index is 11.0. The zero-order valence-corrected chi connectivity index (χ0v) is 8.82. The lowest BCUT2D eigenvalue weighted by Crippen LogP contribution is -2.00. The van der Waals surface area contributed by atoms with Gasteiger partial charge in [-0.3, -0.25) is 0 Å². The standard InChI is InChI=1S/C13H16O2/c1-2-13(14)15-12-10-8-6-4-3-5-7-9-11-12/h2-4,6,8,10H,1,5,7,9,11H2/b4-3+,8-6+,12-10+. The SMILES string of the molecule is C=CC(=O)O/C1=C/C=C/C=C/CCCC1. The highest BCUT2D eigenvalue weighted by atomic mass is 16.5. The summed E-state index contributed by atoms with van der Waals surface area (Å²) in [5.74, 6) is 0.328. The van der Waals surface area contributed by atoms with Gasteiger partial charge in [0.2, 0.25) is 0 Å². The molecule has 0 saturated carbocycles. The molecule has 2 heteroatoms. The van der Waals surface area contributed by atoms with Gasteiger partial charge in [0, 0.05) is 12.5 Å². The third-order valence-corrected chi connectivity index (χ3v) is 2.08. The number of hydrogen-bond acceptors (Lipinski definition) is 2. The van der Waals surface area contributed by atoms with E-state index in [9.17, 15) is 4.79 Å². The molecule has 0 unspecified atom stereocenters. The molecular formula is C13H16O2. The van der Waals surface area contributed by atoms with Crippen molar-refractivity contribution in [3.63, 3.8) is 0 Å². The summed E-state index contributed by atoms with van der Waals surface area (Å²) < 4.78 is 5.10. The highest BCUT2D eigenvalue weighted by molar-refractivity contribution is 5.82. The summed E-state index contributed by atoms with van der Waals surface area (Å²) in [6, 6.07) is 0. The molecule has 0 amide bonds. The molecular weight excluding hydrogens is 188 g/mol. The van der Waals surface area contributed by atoms with Crippen LogP contribution in [0.5, 0.6) is 0 Å². The molecule has 1 aliphatic rings. The van der Waals surface area contributed by atoms with Crippen LogP contribution in [0.4, 0.5) is 0 Å². The summed E-state index contributed by atoms with van der Waals surface area (Å²) in [4.78, 5) is 11.0. The Bertz CT molecular complexity index is 308. The van der Waals surface area contributed by atoms with E-state index < -0.39 is 0 Å². The minimum absolute atomic E-state index is 0.387. The summed E-state index contributed by atoms with van der Waals surface area (Å²) in [6.45, 7) is 3.37. The van der Waals surface area contributed by atoms with Crippen LogP contribution in [0.3, 0.4) is 0 Å². The quantitative estimate of drug-likeness (QED) is 0.509. The minimum atomic E-state index is -0.387. The zero-order valence-electron chi connectivity index (χ0n) is 8.82. The number of allylic oxidation sites excluding steroid dienone is 6. The molecule has 1 aliphatic carbocycles. The fraction of sp³-hybridized carbons (Fsp3) is 0.308. The van der Waals surface area contributed by atoms with Crippen LogP contribution in [0, 0.1) is 0 Å². The van der Waals surface area contributed by atoms with Gasteiger partial charge in [0.1, 0.15) is 5.76 Å². The molecule has 0 aromatic heterocycles. The molecule has 0 atom stereocenters. The van der Waals surface area contributed by atoms with Crippen molar-refractivity contribution < 1.29 is 9.53 Å². The number of esters is 1. The van der Waals surface area contributed by atoms with Gasteiger partial charge in [-0.15, -0.1) is 0 Å². The second-order valence-corrected chi connectivity index (χ2v) is 3.32. The lowest BCUT2D eigenvalue weighted by atomic mass is 10.1. The summed E-state index contributed by atoms with van der Waals surface area (Å²) in [6.07, 6.45) is 15.0. The predicted octanol–water partition coefficient (Wildman–Crippen LogP) is 3.29. The average molecular weight is 204 g/mol. The van der Waals surface area contributed by atoms with Crippen molar-refractivity contribution in [3.05, 3.63) is 48.8 Å². The van der Waals surface area contributed by atoms with E-state index in [1.165, 1.54) is 6.08 Å². The number of ether oxygens (including phenoxy) is 1. The van der Waals surface area contributed by atoms with Crippen molar-refractivity contribution in [3.8, 4) is 0 Å². The number of carbonyl (C=O) groups is 1. The van der Waals surface area contributed by atoms with E-state index in [-0.39, 0.29) is 5.97 Å². The Morgan fingerprint density at radius 3 is 3.00 bits per heavy atom. The molecule has 0 aliphatic heterocycles. The van der Waals surface area contributed by atoms with Gasteiger partial charge in [-0.1, -0.05) is 30.9 Å². The van der Waals surface area contributed by atoms with E-state index in [1.807, 2.05) is 24.3 Å². The van der Waals surface area contributed by atoms with E-state index in [1.54, 1.807) is 0 Å². The summed E-state index contributed by atoms with van der Waals surface area (Å²) >= 11 is 0. The Labute approximate surface area is 90.6 Å². The van der Waals surface area contributed by atoms with Crippen LogP contribution in [0.1, 0.15) is 25.7 Å². The second-order valence-electron chi connectivity index (χ2n) is 3.32. The van der Waals surface area contributed by atoms with Crippen LogP contribution in [-0.4, -0.2) is 5.97 Å². The molecule has 0 heterocycles. The Kier molecular flexibility index (Phi) is 5.23. The van der Waals surface area contributed by atoms with E-state index >= 15 is 0 Å². The molecule has 0 radical (unpaired) electrons. The van der Waals surface area contributed by atoms with Gasteiger partial charge in [-0.25, -0.2) is 4.79 Å². The fourth-order valence-electron chi connectivity index (χ4n) is 1.30. The maximum absolute atomic E-state index is 11.0. The smallest absolute Gasteiger partial charge is 0.335 e. The van der Waals surface area contributed by atoms with Gasteiger partial charge in [0.05, 0.1) is 0 Å². The van der Waals surface area contributed by atoms with Crippen molar-refractivity contribution in [1.29, 1.82) is 0 Å². The minimum Gasteiger partial charge on any atom is -0.428 e. The van der Waals surface area contributed by atoms with E-state index in [2.05, 4.69) is 12.7 Å². The van der Waals surface area contributed by atoms with Gasteiger partial charge in [-0.2, -0.15) is 0 Å². The topological polar surface area (TPSA) is 26.3 Å². The third kappa shape index (κ3) is 5.01. The lowest BCUT2D eigenvalue weighted by Gasteiger charge is -2.06. The highest BCUT2D eigenvalue weighted by Gasteiger charge is 2.02. The van der Waals surface area contributed by atoms with Crippen LogP contribution < -0.4 is 0 Å². The molecule has 0 spiro atoms. The first-order valence-electron chi connectivity index (χ1n) is 5.19. The van der Waals surface area contributed by atoms with Crippen LogP contribution in [-0.2, 0) is 9.53 Å². The number of carbonyl (C=O) groups excluding carboxylic acids is 1. The van der Waals surface area contributed by atoms with Crippen LogP contribution in [0.25, 0.3) is 0 Å². The van der Waals surface area contributed by atoms with Crippen LogP contribution >= 0.6 is 0 Å². The van der Waals surface area contributed by atoms with Crippen LogP contribution in [0.2, 0.25) is 0 Å². The van der Waals surface area contributed by atoms with E-state index in [4.69, 9.17) is 4.74 Å². The number of hydrogen-bond donors (Lipinski definition) is 0. The first-order valence-corrected chi connectivity index (χ1v) is 5.19.